The van der Waals surface area contributed by atoms with Gasteiger partial charge in [-0.15, -0.1) is 0 Å². The lowest BCUT2D eigenvalue weighted by Crippen LogP contribution is -2.44. The number of ether oxygens (including phenoxy) is 5. The lowest BCUT2D eigenvalue weighted by molar-refractivity contribution is -0.143. The number of benzene rings is 1. The van der Waals surface area contributed by atoms with Gasteiger partial charge in [0.2, 0.25) is 0 Å². The van der Waals surface area contributed by atoms with Crippen LogP contribution in [0.5, 0.6) is 5.75 Å². The molecule has 0 aliphatic rings. The number of hydrogen-bond donors (Lipinski definition) is 1. The quantitative estimate of drug-likeness (QED) is 0.208. The highest BCUT2D eigenvalue weighted by molar-refractivity contribution is 7.98. The highest BCUT2D eigenvalue weighted by Crippen LogP contribution is 2.27. The largest absolute Gasteiger partial charge is 0.497 e. The second-order valence-corrected chi connectivity index (χ2v) is 12.2. The highest BCUT2D eigenvalue weighted by Gasteiger charge is 2.30. The first-order valence-electron chi connectivity index (χ1n) is 13.8. The molecule has 0 aliphatic carbocycles. The minimum atomic E-state index is -0.773. The standard InChI is InChI=1S/C30H51NO7S/c1-21(2)19-37-27(22(3)36-20-23-13-15-25(34-7)16-14-23)24(17-18-39-9)11-10-12-26(28(32)35-8)31-29(33)38-30(4,5)6/h13-16,21-22,24,26-27H,10-12,17-20H2,1-9H3,(H,31,33)/t22-,24+,26-,27-/m0/s1. The van der Waals surface area contributed by atoms with E-state index in [9.17, 15) is 9.59 Å². The van der Waals surface area contributed by atoms with E-state index < -0.39 is 23.7 Å². The number of rotatable bonds is 18. The van der Waals surface area contributed by atoms with Gasteiger partial charge in [-0.1, -0.05) is 32.4 Å². The predicted molar refractivity (Wildman–Crippen MR) is 157 cm³/mol. The fourth-order valence-corrected chi connectivity index (χ4v) is 4.71. The maximum Gasteiger partial charge on any atom is 0.408 e. The van der Waals surface area contributed by atoms with Gasteiger partial charge in [0, 0.05) is 6.61 Å². The van der Waals surface area contributed by atoms with Gasteiger partial charge in [-0.3, -0.25) is 0 Å². The molecule has 0 saturated carbocycles. The van der Waals surface area contributed by atoms with Crippen molar-refractivity contribution < 1.29 is 33.3 Å². The lowest BCUT2D eigenvalue weighted by atomic mass is 9.89. The van der Waals surface area contributed by atoms with Crippen molar-refractivity contribution in [3.05, 3.63) is 29.8 Å². The first-order chi connectivity index (χ1) is 18.4. The molecule has 9 heteroatoms. The zero-order chi connectivity index (χ0) is 29.4. The summed E-state index contributed by atoms with van der Waals surface area (Å²) in [7, 11) is 2.98. The SMILES string of the molecule is COC(=O)[C@H](CCC[C@H](CCSC)[C@@H](OCC(C)C)[C@H](C)OCc1ccc(OC)cc1)NC(=O)OC(C)(C)C. The molecule has 0 aliphatic heterocycles. The fourth-order valence-electron chi connectivity index (χ4n) is 4.17. The Hall–Kier alpha value is -1.97. The molecule has 1 aromatic rings. The third-order valence-corrected chi connectivity index (χ3v) is 6.80. The lowest BCUT2D eigenvalue weighted by Gasteiger charge is -2.33. The van der Waals surface area contributed by atoms with Crippen LogP contribution < -0.4 is 10.1 Å². The van der Waals surface area contributed by atoms with Crippen LogP contribution in [0.3, 0.4) is 0 Å². The van der Waals surface area contributed by atoms with Crippen molar-refractivity contribution in [2.24, 2.45) is 11.8 Å². The van der Waals surface area contributed by atoms with Crippen molar-refractivity contribution in [1.29, 1.82) is 0 Å². The van der Waals surface area contributed by atoms with E-state index in [0.29, 0.717) is 32.0 Å². The van der Waals surface area contributed by atoms with Crippen molar-refractivity contribution in [2.45, 2.75) is 97.7 Å². The smallest absolute Gasteiger partial charge is 0.408 e. The predicted octanol–water partition coefficient (Wildman–Crippen LogP) is 6.25. The van der Waals surface area contributed by atoms with Crippen LogP contribution in [0.2, 0.25) is 0 Å². The van der Waals surface area contributed by atoms with Crippen LogP contribution in [0.4, 0.5) is 4.79 Å². The average molecular weight is 570 g/mol. The number of thioether (sulfide) groups is 1. The number of carbonyl (C=O) groups is 2. The number of alkyl carbamates (subject to hydrolysis) is 1. The number of carbonyl (C=O) groups excluding carboxylic acids is 2. The molecule has 224 valence electrons. The third kappa shape index (κ3) is 14.8. The first kappa shape index (κ1) is 35.1. The second-order valence-electron chi connectivity index (χ2n) is 11.3. The third-order valence-electron chi connectivity index (χ3n) is 6.16. The first-order valence-corrected chi connectivity index (χ1v) is 15.2. The molecule has 0 radical (unpaired) electrons. The normalized spacial score (nSPS) is 14.8. The summed E-state index contributed by atoms with van der Waals surface area (Å²) in [5, 5.41) is 2.68. The molecule has 39 heavy (non-hydrogen) atoms. The summed E-state index contributed by atoms with van der Waals surface area (Å²) in [5.74, 6) is 1.94. The van der Waals surface area contributed by atoms with Crippen molar-refractivity contribution in [3.63, 3.8) is 0 Å². The van der Waals surface area contributed by atoms with Crippen LogP contribution in [0.25, 0.3) is 0 Å². The number of esters is 1. The summed E-state index contributed by atoms with van der Waals surface area (Å²) >= 11 is 1.80. The van der Waals surface area contributed by atoms with Gasteiger partial charge in [0.25, 0.3) is 0 Å². The molecular weight excluding hydrogens is 518 g/mol. The molecule has 0 saturated heterocycles. The van der Waals surface area contributed by atoms with E-state index in [1.165, 1.54) is 7.11 Å². The zero-order valence-electron chi connectivity index (χ0n) is 25.4. The average Bonchev–Trinajstić information content (AvgIpc) is 2.88. The molecule has 0 aromatic heterocycles. The van der Waals surface area contributed by atoms with Gasteiger partial charge in [0.05, 0.1) is 33.0 Å². The number of amides is 1. The van der Waals surface area contributed by atoms with Gasteiger partial charge in [-0.25, -0.2) is 9.59 Å². The molecule has 0 bridgehead atoms. The van der Waals surface area contributed by atoms with Crippen molar-refractivity contribution >= 4 is 23.8 Å². The van der Waals surface area contributed by atoms with Crippen LogP contribution in [-0.4, -0.2) is 68.7 Å². The summed E-state index contributed by atoms with van der Waals surface area (Å²) in [6.45, 7) is 12.8. The van der Waals surface area contributed by atoms with Gasteiger partial charge in [0.15, 0.2) is 0 Å². The maximum absolute atomic E-state index is 12.4. The molecule has 1 N–H and O–H groups in total. The van der Waals surface area contributed by atoms with Crippen LogP contribution >= 0.6 is 11.8 Å². The molecule has 0 unspecified atom stereocenters. The molecule has 0 fully saturated rings. The second kappa shape index (κ2) is 18.4. The van der Waals surface area contributed by atoms with Crippen LogP contribution in [0.1, 0.15) is 72.8 Å². The van der Waals surface area contributed by atoms with E-state index >= 15 is 0 Å². The minimum absolute atomic E-state index is 0.104. The molecule has 1 amide bonds. The van der Waals surface area contributed by atoms with Crippen LogP contribution in [0.15, 0.2) is 24.3 Å². The van der Waals surface area contributed by atoms with E-state index in [2.05, 4.69) is 32.3 Å². The van der Waals surface area contributed by atoms with E-state index in [-0.39, 0.29) is 18.1 Å². The summed E-state index contributed by atoms with van der Waals surface area (Å²) < 4.78 is 28.3. The van der Waals surface area contributed by atoms with Gasteiger partial charge >= 0.3 is 12.1 Å². The Balaban J connectivity index is 2.92. The van der Waals surface area contributed by atoms with Crippen LogP contribution in [0, 0.1) is 11.8 Å². The topological polar surface area (TPSA) is 92.3 Å². The molecule has 1 rings (SSSR count). The van der Waals surface area contributed by atoms with Gasteiger partial charge in [-0.2, -0.15) is 11.8 Å². The van der Waals surface area contributed by atoms with E-state index in [4.69, 9.17) is 23.7 Å². The van der Waals surface area contributed by atoms with E-state index in [0.717, 1.165) is 29.9 Å². The van der Waals surface area contributed by atoms with Gasteiger partial charge < -0.3 is 29.0 Å². The number of nitrogens with one attached hydrogen (secondary N) is 1. The Labute approximate surface area is 240 Å². The van der Waals surface area contributed by atoms with Crippen molar-refractivity contribution in [2.75, 3.05) is 32.8 Å². The van der Waals surface area contributed by atoms with Crippen LogP contribution in [-0.2, 0) is 30.3 Å². The Bertz CT molecular complexity index is 826. The number of hydrogen-bond acceptors (Lipinski definition) is 8. The summed E-state index contributed by atoms with van der Waals surface area (Å²) in [5.41, 5.74) is 0.413. The Kier molecular flexibility index (Phi) is 16.5. The van der Waals surface area contributed by atoms with E-state index in [1.54, 1.807) is 39.6 Å². The minimum Gasteiger partial charge on any atom is -0.497 e. The molecule has 4 atom stereocenters. The zero-order valence-corrected chi connectivity index (χ0v) is 26.2. The fraction of sp³-hybridized carbons (Fsp3) is 0.733. The maximum atomic E-state index is 12.4. The molecule has 0 heterocycles. The monoisotopic (exact) mass is 569 g/mol. The molecule has 1 aromatic carbocycles. The van der Waals surface area contributed by atoms with E-state index in [1.807, 2.05) is 24.3 Å². The number of methoxy groups -OCH3 is 2. The summed E-state index contributed by atoms with van der Waals surface area (Å²) in [6, 6.07) is 7.10. The summed E-state index contributed by atoms with van der Waals surface area (Å²) in [4.78, 5) is 24.7. The van der Waals surface area contributed by atoms with Crippen molar-refractivity contribution in [1.82, 2.24) is 5.32 Å². The Morgan fingerprint density at radius 2 is 1.64 bits per heavy atom. The summed E-state index contributed by atoms with van der Waals surface area (Å²) in [6.07, 6.45) is 4.17. The van der Waals surface area contributed by atoms with Gasteiger partial charge in [0.1, 0.15) is 17.4 Å². The molecule has 8 nitrogen and oxygen atoms in total. The Morgan fingerprint density at radius 1 is 0.974 bits per heavy atom. The Morgan fingerprint density at radius 3 is 2.18 bits per heavy atom. The molecular formula is C30H51NO7S. The molecule has 0 spiro atoms. The van der Waals surface area contributed by atoms with Crippen molar-refractivity contribution in [3.8, 4) is 5.75 Å². The van der Waals surface area contributed by atoms with Gasteiger partial charge in [-0.05, 0) is 88.5 Å². The highest BCUT2D eigenvalue weighted by atomic mass is 32.2.